The van der Waals surface area contributed by atoms with E-state index in [0.717, 1.165) is 23.9 Å². The lowest BCUT2D eigenvalue weighted by Gasteiger charge is -2.39. The molecule has 1 aliphatic heterocycles. The lowest BCUT2D eigenvalue weighted by molar-refractivity contribution is 0.139. The van der Waals surface area contributed by atoms with Crippen LogP contribution in [0.2, 0.25) is 0 Å². The van der Waals surface area contributed by atoms with Crippen molar-refractivity contribution < 1.29 is 0 Å². The van der Waals surface area contributed by atoms with Gasteiger partial charge in [-0.2, -0.15) is 0 Å². The Balaban J connectivity index is 1.58. The Hall–Kier alpha value is -0.0800. The van der Waals surface area contributed by atoms with Gasteiger partial charge in [-0.3, -0.25) is 4.90 Å². The van der Waals surface area contributed by atoms with E-state index in [9.17, 15) is 0 Å². The molecule has 0 bridgehead atoms. The predicted molar refractivity (Wildman–Crippen MR) is 76.7 cm³/mol. The maximum absolute atomic E-state index is 3.82. The van der Waals surface area contributed by atoms with Crippen molar-refractivity contribution >= 4 is 0 Å². The van der Waals surface area contributed by atoms with Crippen LogP contribution in [0.4, 0.5) is 0 Å². The van der Waals surface area contributed by atoms with Crippen LogP contribution in [0.25, 0.3) is 0 Å². The van der Waals surface area contributed by atoms with E-state index in [1.807, 2.05) is 0 Å². The van der Waals surface area contributed by atoms with E-state index in [1.54, 1.807) is 0 Å². The molecule has 0 aromatic carbocycles. The average molecular weight is 250 g/mol. The third-order valence-corrected chi connectivity index (χ3v) is 5.61. The molecule has 4 unspecified atom stereocenters. The Morgan fingerprint density at radius 1 is 0.944 bits per heavy atom. The zero-order valence-corrected chi connectivity index (χ0v) is 12.0. The van der Waals surface area contributed by atoms with E-state index >= 15 is 0 Å². The van der Waals surface area contributed by atoms with Gasteiger partial charge in [0.05, 0.1) is 0 Å². The summed E-state index contributed by atoms with van der Waals surface area (Å²) in [4.78, 5) is 2.86. The van der Waals surface area contributed by atoms with Gasteiger partial charge in [-0.25, -0.2) is 0 Å². The topological polar surface area (TPSA) is 15.3 Å². The van der Waals surface area contributed by atoms with Gasteiger partial charge in [0.2, 0.25) is 0 Å². The van der Waals surface area contributed by atoms with E-state index in [0.29, 0.717) is 0 Å². The molecular formula is C16H30N2. The molecule has 0 spiro atoms. The molecule has 1 heterocycles. The van der Waals surface area contributed by atoms with Gasteiger partial charge in [0.25, 0.3) is 0 Å². The van der Waals surface area contributed by atoms with Gasteiger partial charge in [0.15, 0.2) is 0 Å². The van der Waals surface area contributed by atoms with Crippen molar-refractivity contribution in [3.8, 4) is 0 Å². The molecule has 0 aromatic rings. The van der Waals surface area contributed by atoms with E-state index in [4.69, 9.17) is 0 Å². The molecule has 4 atom stereocenters. The second-order valence-corrected chi connectivity index (χ2v) is 6.82. The highest BCUT2D eigenvalue weighted by Crippen LogP contribution is 2.40. The van der Waals surface area contributed by atoms with Crippen LogP contribution in [0.5, 0.6) is 0 Å². The zero-order valence-electron chi connectivity index (χ0n) is 12.0. The Morgan fingerprint density at radius 3 is 2.39 bits per heavy atom. The third kappa shape index (κ3) is 2.60. The number of nitrogens with zero attached hydrogens (tertiary/aromatic N) is 1. The minimum atomic E-state index is 0.789. The minimum absolute atomic E-state index is 0.789. The SMILES string of the molecule is CCCNC1CCCCC1N1CC2CCCC2C1. The predicted octanol–water partition coefficient (Wildman–Crippen LogP) is 3.03. The normalized spacial score (nSPS) is 41.2. The average Bonchev–Trinajstić information content (AvgIpc) is 2.97. The van der Waals surface area contributed by atoms with Gasteiger partial charge in [-0.1, -0.05) is 26.2 Å². The van der Waals surface area contributed by atoms with Crippen LogP contribution in [0.15, 0.2) is 0 Å². The van der Waals surface area contributed by atoms with Gasteiger partial charge in [0.1, 0.15) is 0 Å². The second-order valence-electron chi connectivity index (χ2n) is 6.82. The molecule has 18 heavy (non-hydrogen) atoms. The summed E-state index contributed by atoms with van der Waals surface area (Å²) in [5.41, 5.74) is 0. The summed E-state index contributed by atoms with van der Waals surface area (Å²) in [5.74, 6) is 2.11. The fraction of sp³-hybridized carbons (Fsp3) is 1.00. The highest BCUT2D eigenvalue weighted by atomic mass is 15.2. The van der Waals surface area contributed by atoms with Crippen molar-refractivity contribution in [3.63, 3.8) is 0 Å². The quantitative estimate of drug-likeness (QED) is 0.825. The van der Waals surface area contributed by atoms with Crippen LogP contribution in [0.3, 0.4) is 0 Å². The molecule has 104 valence electrons. The second kappa shape index (κ2) is 5.92. The summed E-state index contributed by atoms with van der Waals surface area (Å²) in [6.07, 6.45) is 11.6. The van der Waals surface area contributed by atoms with Crippen molar-refractivity contribution in [1.29, 1.82) is 0 Å². The number of fused-ring (bicyclic) bond motifs is 1. The van der Waals surface area contributed by atoms with Crippen LogP contribution in [0.1, 0.15) is 58.3 Å². The maximum Gasteiger partial charge on any atom is 0.0249 e. The third-order valence-electron chi connectivity index (χ3n) is 5.61. The lowest BCUT2D eigenvalue weighted by Crippen LogP contribution is -2.51. The smallest absolute Gasteiger partial charge is 0.0249 e. The Labute approximate surface area is 113 Å². The molecule has 2 nitrogen and oxygen atoms in total. The van der Waals surface area contributed by atoms with Crippen LogP contribution in [0, 0.1) is 11.8 Å². The van der Waals surface area contributed by atoms with E-state index in [1.165, 1.54) is 71.0 Å². The summed E-state index contributed by atoms with van der Waals surface area (Å²) in [6.45, 7) is 6.33. The molecule has 2 saturated carbocycles. The summed E-state index contributed by atoms with van der Waals surface area (Å²) in [6, 6.07) is 1.65. The van der Waals surface area contributed by atoms with Gasteiger partial charge in [0, 0.05) is 25.2 Å². The fourth-order valence-corrected chi connectivity index (χ4v) is 4.66. The molecule has 3 fully saturated rings. The van der Waals surface area contributed by atoms with Crippen molar-refractivity contribution in [2.24, 2.45) is 11.8 Å². The first-order chi connectivity index (χ1) is 8.88. The number of nitrogens with one attached hydrogen (secondary N) is 1. The first-order valence-corrected chi connectivity index (χ1v) is 8.36. The highest BCUT2D eigenvalue weighted by molar-refractivity contribution is 4.96. The number of likely N-dealkylation sites (tertiary alicyclic amines) is 1. The monoisotopic (exact) mass is 250 g/mol. The van der Waals surface area contributed by atoms with Crippen LogP contribution >= 0.6 is 0 Å². The van der Waals surface area contributed by atoms with Gasteiger partial charge >= 0.3 is 0 Å². The number of hydrogen-bond acceptors (Lipinski definition) is 2. The van der Waals surface area contributed by atoms with E-state index in [-0.39, 0.29) is 0 Å². The largest absolute Gasteiger partial charge is 0.312 e. The van der Waals surface area contributed by atoms with E-state index in [2.05, 4.69) is 17.1 Å². The van der Waals surface area contributed by atoms with Gasteiger partial charge in [-0.15, -0.1) is 0 Å². The van der Waals surface area contributed by atoms with Gasteiger partial charge in [-0.05, 0) is 50.5 Å². The molecule has 2 aliphatic carbocycles. The van der Waals surface area contributed by atoms with Crippen LogP contribution < -0.4 is 5.32 Å². The van der Waals surface area contributed by atoms with Crippen molar-refractivity contribution in [3.05, 3.63) is 0 Å². The molecule has 2 heteroatoms. The molecule has 3 rings (SSSR count). The molecule has 0 aromatic heterocycles. The zero-order chi connectivity index (χ0) is 12.4. The molecule has 0 radical (unpaired) electrons. The minimum Gasteiger partial charge on any atom is -0.312 e. The summed E-state index contributed by atoms with van der Waals surface area (Å²) in [5, 5.41) is 3.82. The first kappa shape index (κ1) is 12.9. The van der Waals surface area contributed by atoms with Crippen molar-refractivity contribution in [2.45, 2.75) is 70.4 Å². The summed E-state index contributed by atoms with van der Waals surface area (Å²) >= 11 is 0. The molecule has 3 aliphatic rings. The van der Waals surface area contributed by atoms with Crippen molar-refractivity contribution in [2.75, 3.05) is 19.6 Å². The first-order valence-electron chi connectivity index (χ1n) is 8.36. The fourth-order valence-electron chi connectivity index (χ4n) is 4.66. The Morgan fingerprint density at radius 2 is 1.67 bits per heavy atom. The lowest BCUT2D eigenvalue weighted by atomic mass is 9.89. The van der Waals surface area contributed by atoms with Crippen LogP contribution in [-0.2, 0) is 0 Å². The molecule has 0 amide bonds. The summed E-state index contributed by atoms with van der Waals surface area (Å²) < 4.78 is 0. The molecule has 1 saturated heterocycles. The number of rotatable bonds is 4. The van der Waals surface area contributed by atoms with Crippen LogP contribution in [-0.4, -0.2) is 36.6 Å². The summed E-state index contributed by atoms with van der Waals surface area (Å²) in [7, 11) is 0. The van der Waals surface area contributed by atoms with Crippen molar-refractivity contribution in [1.82, 2.24) is 10.2 Å². The molecular weight excluding hydrogens is 220 g/mol. The Bertz CT molecular complexity index is 254. The standard InChI is InChI=1S/C16H30N2/c1-2-10-17-15-8-3-4-9-16(15)18-11-13-6-5-7-14(13)12-18/h13-17H,2-12H2,1H3. The Kier molecular flexibility index (Phi) is 4.25. The molecule has 1 N–H and O–H groups in total. The van der Waals surface area contributed by atoms with Gasteiger partial charge < -0.3 is 5.32 Å². The number of hydrogen-bond donors (Lipinski definition) is 1. The maximum atomic E-state index is 3.82. The highest BCUT2D eigenvalue weighted by Gasteiger charge is 2.40. The van der Waals surface area contributed by atoms with E-state index < -0.39 is 0 Å².